The topological polar surface area (TPSA) is 56.5 Å². The maximum absolute atomic E-state index is 13.2. The highest BCUT2D eigenvalue weighted by Crippen LogP contribution is 2.14. The van der Waals surface area contributed by atoms with Crippen LogP contribution in [-0.4, -0.2) is 27.7 Å². The van der Waals surface area contributed by atoms with Gasteiger partial charge in [-0.15, -0.1) is 10.2 Å². The number of benzene rings is 1. The standard InChI is InChI=1S/C15H12FN3O2/c1-21-15(20)12-6-3-7-19-13(17-18-14(12)19)9-10-4-2-5-11(16)8-10/h2-8H,9H2,1H3. The molecule has 6 heteroatoms. The van der Waals surface area contributed by atoms with E-state index in [9.17, 15) is 9.18 Å². The van der Waals surface area contributed by atoms with Gasteiger partial charge in [-0.3, -0.25) is 4.40 Å². The van der Waals surface area contributed by atoms with Crippen LogP contribution in [0.2, 0.25) is 0 Å². The number of esters is 1. The molecule has 2 heterocycles. The number of ether oxygens (including phenoxy) is 1. The molecule has 0 bridgehead atoms. The van der Waals surface area contributed by atoms with Crippen molar-refractivity contribution in [1.82, 2.24) is 14.6 Å². The lowest BCUT2D eigenvalue weighted by Crippen LogP contribution is -2.05. The van der Waals surface area contributed by atoms with Crippen molar-refractivity contribution < 1.29 is 13.9 Å². The number of carbonyl (C=O) groups excluding carboxylic acids is 1. The zero-order valence-electron chi connectivity index (χ0n) is 11.3. The number of methoxy groups -OCH3 is 1. The number of fused-ring (bicyclic) bond motifs is 1. The largest absolute Gasteiger partial charge is 0.465 e. The van der Waals surface area contributed by atoms with Crippen molar-refractivity contribution in [3.8, 4) is 0 Å². The Labute approximate surface area is 120 Å². The second kappa shape index (κ2) is 5.32. The Morgan fingerprint density at radius 2 is 2.14 bits per heavy atom. The molecule has 0 saturated carbocycles. The molecule has 106 valence electrons. The third kappa shape index (κ3) is 2.47. The van der Waals surface area contributed by atoms with Crippen molar-refractivity contribution in [3.05, 3.63) is 65.4 Å². The average molecular weight is 285 g/mol. The van der Waals surface area contributed by atoms with Crippen LogP contribution in [0.3, 0.4) is 0 Å². The minimum absolute atomic E-state index is 0.295. The molecule has 5 nitrogen and oxygen atoms in total. The Bertz CT molecular complexity index is 814. The molecule has 0 radical (unpaired) electrons. The van der Waals surface area contributed by atoms with Crippen LogP contribution < -0.4 is 0 Å². The van der Waals surface area contributed by atoms with E-state index in [-0.39, 0.29) is 5.82 Å². The van der Waals surface area contributed by atoms with Gasteiger partial charge in [-0.2, -0.15) is 0 Å². The van der Waals surface area contributed by atoms with Gasteiger partial charge in [0.2, 0.25) is 0 Å². The molecule has 0 spiro atoms. The van der Waals surface area contributed by atoms with Gasteiger partial charge in [0.15, 0.2) is 5.65 Å². The highest BCUT2D eigenvalue weighted by molar-refractivity contribution is 5.95. The number of aromatic nitrogens is 3. The number of halogens is 1. The minimum atomic E-state index is -0.467. The number of nitrogens with zero attached hydrogens (tertiary/aromatic N) is 3. The zero-order chi connectivity index (χ0) is 14.8. The monoisotopic (exact) mass is 285 g/mol. The van der Waals surface area contributed by atoms with Crippen LogP contribution in [0.25, 0.3) is 5.65 Å². The van der Waals surface area contributed by atoms with Crippen LogP contribution in [0.15, 0.2) is 42.6 Å². The van der Waals surface area contributed by atoms with Gasteiger partial charge in [0.1, 0.15) is 17.2 Å². The number of pyridine rings is 1. The Morgan fingerprint density at radius 3 is 2.90 bits per heavy atom. The quantitative estimate of drug-likeness (QED) is 0.693. The Balaban J connectivity index is 2.03. The molecule has 0 fully saturated rings. The fraction of sp³-hybridized carbons (Fsp3) is 0.133. The second-order valence-corrected chi connectivity index (χ2v) is 4.53. The van der Waals surface area contributed by atoms with Crippen molar-refractivity contribution >= 4 is 11.6 Å². The molecule has 21 heavy (non-hydrogen) atoms. The molecule has 0 atom stereocenters. The summed E-state index contributed by atoms with van der Waals surface area (Å²) in [5.74, 6) is -0.136. The number of hydrogen-bond donors (Lipinski definition) is 0. The van der Waals surface area contributed by atoms with Crippen molar-refractivity contribution in [3.63, 3.8) is 0 Å². The van der Waals surface area contributed by atoms with E-state index in [1.807, 2.05) is 6.07 Å². The van der Waals surface area contributed by atoms with E-state index in [2.05, 4.69) is 10.2 Å². The van der Waals surface area contributed by atoms with E-state index in [4.69, 9.17) is 4.74 Å². The van der Waals surface area contributed by atoms with E-state index < -0.39 is 5.97 Å². The molecule has 0 N–H and O–H groups in total. The second-order valence-electron chi connectivity index (χ2n) is 4.53. The van der Waals surface area contributed by atoms with Crippen LogP contribution in [0.4, 0.5) is 4.39 Å². The van der Waals surface area contributed by atoms with Crippen molar-refractivity contribution in [1.29, 1.82) is 0 Å². The molecule has 2 aromatic heterocycles. The van der Waals surface area contributed by atoms with E-state index in [0.717, 1.165) is 5.56 Å². The van der Waals surface area contributed by atoms with Crippen LogP contribution >= 0.6 is 0 Å². The first-order valence-electron chi connectivity index (χ1n) is 6.34. The molecule has 0 aliphatic carbocycles. The molecule has 0 amide bonds. The summed E-state index contributed by atoms with van der Waals surface area (Å²) in [5.41, 5.74) is 1.56. The molecular formula is C15H12FN3O2. The highest BCUT2D eigenvalue weighted by atomic mass is 19.1. The predicted octanol–water partition coefficient (Wildman–Crippen LogP) is 2.25. The number of hydrogen-bond acceptors (Lipinski definition) is 4. The first kappa shape index (κ1) is 13.2. The summed E-state index contributed by atoms with van der Waals surface area (Å²) in [5, 5.41) is 8.10. The minimum Gasteiger partial charge on any atom is -0.465 e. The molecule has 1 aromatic carbocycles. The van der Waals surface area contributed by atoms with Gasteiger partial charge in [-0.1, -0.05) is 12.1 Å². The summed E-state index contributed by atoms with van der Waals surface area (Å²) in [4.78, 5) is 11.7. The molecule has 3 aromatic rings. The number of rotatable bonds is 3. The predicted molar refractivity (Wildman–Crippen MR) is 73.5 cm³/mol. The van der Waals surface area contributed by atoms with Crippen LogP contribution in [0, 0.1) is 5.82 Å². The summed E-state index contributed by atoms with van der Waals surface area (Å²) in [6, 6.07) is 9.65. The smallest absolute Gasteiger partial charge is 0.341 e. The van der Waals surface area contributed by atoms with Crippen LogP contribution in [0.1, 0.15) is 21.7 Å². The summed E-state index contributed by atoms with van der Waals surface area (Å²) in [7, 11) is 1.32. The maximum atomic E-state index is 13.2. The first-order chi connectivity index (χ1) is 10.2. The van der Waals surface area contributed by atoms with E-state index in [1.54, 1.807) is 28.8 Å². The SMILES string of the molecule is COC(=O)c1cccn2c(Cc3cccc(F)c3)nnc12. The van der Waals surface area contributed by atoms with E-state index in [0.29, 0.717) is 23.5 Å². The zero-order valence-corrected chi connectivity index (χ0v) is 11.3. The molecule has 0 aliphatic rings. The van der Waals surface area contributed by atoms with E-state index in [1.165, 1.54) is 19.2 Å². The Hall–Kier alpha value is -2.76. The normalized spacial score (nSPS) is 10.8. The van der Waals surface area contributed by atoms with Gasteiger partial charge in [-0.05, 0) is 29.8 Å². The van der Waals surface area contributed by atoms with Gasteiger partial charge in [0.25, 0.3) is 0 Å². The fourth-order valence-corrected chi connectivity index (χ4v) is 2.18. The highest BCUT2D eigenvalue weighted by Gasteiger charge is 2.15. The molecule has 0 unspecified atom stereocenters. The van der Waals surface area contributed by atoms with Gasteiger partial charge >= 0.3 is 5.97 Å². The lowest BCUT2D eigenvalue weighted by molar-refractivity contribution is 0.0602. The first-order valence-corrected chi connectivity index (χ1v) is 6.34. The third-order valence-corrected chi connectivity index (χ3v) is 3.16. The van der Waals surface area contributed by atoms with Crippen LogP contribution in [0.5, 0.6) is 0 Å². The number of carbonyl (C=O) groups is 1. The Morgan fingerprint density at radius 1 is 1.29 bits per heavy atom. The summed E-state index contributed by atoms with van der Waals surface area (Å²) >= 11 is 0. The summed E-state index contributed by atoms with van der Waals surface area (Å²) in [6.07, 6.45) is 2.18. The van der Waals surface area contributed by atoms with Crippen LogP contribution in [-0.2, 0) is 11.2 Å². The summed E-state index contributed by atoms with van der Waals surface area (Å²) < 4.78 is 19.6. The molecule has 3 rings (SSSR count). The molecule has 0 aliphatic heterocycles. The van der Waals surface area contributed by atoms with Crippen molar-refractivity contribution in [2.75, 3.05) is 7.11 Å². The van der Waals surface area contributed by atoms with Gasteiger partial charge < -0.3 is 4.74 Å². The maximum Gasteiger partial charge on any atom is 0.341 e. The Kier molecular flexibility index (Phi) is 3.35. The third-order valence-electron chi connectivity index (χ3n) is 3.16. The van der Waals surface area contributed by atoms with Crippen molar-refractivity contribution in [2.45, 2.75) is 6.42 Å². The molecule has 0 saturated heterocycles. The van der Waals surface area contributed by atoms with Crippen molar-refractivity contribution in [2.24, 2.45) is 0 Å². The fourth-order valence-electron chi connectivity index (χ4n) is 2.18. The van der Waals surface area contributed by atoms with Gasteiger partial charge in [-0.25, -0.2) is 9.18 Å². The molecular weight excluding hydrogens is 273 g/mol. The van der Waals surface area contributed by atoms with E-state index >= 15 is 0 Å². The lowest BCUT2D eigenvalue weighted by atomic mass is 10.1. The average Bonchev–Trinajstić information content (AvgIpc) is 2.90. The summed E-state index contributed by atoms with van der Waals surface area (Å²) in [6.45, 7) is 0. The van der Waals surface area contributed by atoms with Gasteiger partial charge in [0.05, 0.1) is 7.11 Å². The van der Waals surface area contributed by atoms with Gasteiger partial charge in [0, 0.05) is 12.6 Å². The lowest BCUT2D eigenvalue weighted by Gasteiger charge is -2.03.